The van der Waals surface area contributed by atoms with Gasteiger partial charge in [-0.05, 0) is 25.0 Å². The molecule has 0 aromatic carbocycles. The lowest BCUT2D eigenvalue weighted by molar-refractivity contribution is 1.09. The maximum Gasteiger partial charge on any atom is 0.158 e. The van der Waals surface area contributed by atoms with E-state index in [0.717, 1.165) is 23.5 Å². The van der Waals surface area contributed by atoms with Gasteiger partial charge in [0.15, 0.2) is 5.82 Å². The number of aromatic nitrogens is 3. The smallest absolute Gasteiger partial charge is 0.158 e. The van der Waals surface area contributed by atoms with Gasteiger partial charge in [0.1, 0.15) is 11.5 Å². The maximum absolute atomic E-state index is 6.10. The first kappa shape index (κ1) is 10.4. The molecule has 1 aliphatic carbocycles. The van der Waals surface area contributed by atoms with Crippen LogP contribution in [0.2, 0.25) is 5.02 Å². The Morgan fingerprint density at radius 2 is 2.00 bits per heavy atom. The van der Waals surface area contributed by atoms with Crippen molar-refractivity contribution in [1.82, 2.24) is 15.0 Å². The molecular formula is C12H11ClN4. The Morgan fingerprint density at radius 3 is 2.82 bits per heavy atom. The fourth-order valence-electron chi connectivity index (χ4n) is 1.89. The third kappa shape index (κ3) is 1.80. The minimum Gasteiger partial charge on any atom is -0.384 e. The average Bonchev–Trinajstić information content (AvgIpc) is 2.75. The predicted octanol–water partition coefficient (Wildman–Crippen LogP) is 1.06. The Hall–Kier alpha value is -1.81. The van der Waals surface area contributed by atoms with Gasteiger partial charge in [0.05, 0.1) is 15.7 Å². The zero-order chi connectivity index (χ0) is 11.8. The summed E-state index contributed by atoms with van der Waals surface area (Å²) in [7, 11) is 0. The predicted molar refractivity (Wildman–Crippen MR) is 68.7 cm³/mol. The molecular weight excluding hydrogens is 236 g/mol. The van der Waals surface area contributed by atoms with Gasteiger partial charge in [0.2, 0.25) is 0 Å². The summed E-state index contributed by atoms with van der Waals surface area (Å²) in [4.78, 5) is 11.9. The SMILES string of the molecule is Nc1ccc(Cl)c(-c2nc3c([nH]2)=CCCC=3)n1. The van der Waals surface area contributed by atoms with Gasteiger partial charge in [0, 0.05) is 0 Å². The highest BCUT2D eigenvalue weighted by Gasteiger charge is 2.10. The number of nitrogens with zero attached hydrogens (tertiary/aromatic N) is 2. The summed E-state index contributed by atoms with van der Waals surface area (Å²) in [5.74, 6) is 1.11. The Morgan fingerprint density at radius 1 is 1.18 bits per heavy atom. The van der Waals surface area contributed by atoms with Crippen molar-refractivity contribution >= 4 is 29.6 Å². The van der Waals surface area contributed by atoms with Crippen LogP contribution in [0, 0.1) is 0 Å². The zero-order valence-corrected chi connectivity index (χ0v) is 9.83. The van der Waals surface area contributed by atoms with E-state index >= 15 is 0 Å². The molecule has 2 heterocycles. The number of nitrogens with one attached hydrogen (secondary N) is 1. The molecule has 4 nitrogen and oxygen atoms in total. The molecule has 2 aromatic heterocycles. The van der Waals surface area contributed by atoms with Gasteiger partial charge in [-0.15, -0.1) is 0 Å². The van der Waals surface area contributed by atoms with E-state index in [9.17, 15) is 0 Å². The van der Waals surface area contributed by atoms with Crippen molar-refractivity contribution in [2.45, 2.75) is 12.8 Å². The quantitative estimate of drug-likeness (QED) is 0.791. The van der Waals surface area contributed by atoms with Crippen molar-refractivity contribution in [2.24, 2.45) is 0 Å². The largest absolute Gasteiger partial charge is 0.384 e. The minimum absolute atomic E-state index is 0.437. The third-order valence-electron chi connectivity index (χ3n) is 2.71. The molecule has 0 saturated heterocycles. The minimum atomic E-state index is 0.437. The fraction of sp³-hybridized carbons (Fsp3) is 0.167. The summed E-state index contributed by atoms with van der Waals surface area (Å²) in [6.07, 6.45) is 6.30. The van der Waals surface area contributed by atoms with Gasteiger partial charge < -0.3 is 10.7 Å². The van der Waals surface area contributed by atoms with Crippen molar-refractivity contribution in [3.8, 4) is 11.5 Å². The number of aromatic amines is 1. The molecule has 1 aliphatic rings. The van der Waals surface area contributed by atoms with Crippen molar-refractivity contribution in [2.75, 3.05) is 5.73 Å². The second kappa shape index (κ2) is 3.89. The van der Waals surface area contributed by atoms with Crippen LogP contribution in [0.15, 0.2) is 12.1 Å². The summed E-state index contributed by atoms with van der Waals surface area (Å²) in [6.45, 7) is 0. The molecule has 2 aromatic rings. The van der Waals surface area contributed by atoms with Crippen LogP contribution in [0.25, 0.3) is 23.7 Å². The lowest BCUT2D eigenvalue weighted by Gasteiger charge is -2.00. The van der Waals surface area contributed by atoms with Crippen LogP contribution in [0.3, 0.4) is 0 Å². The van der Waals surface area contributed by atoms with E-state index < -0.39 is 0 Å². The molecule has 0 aliphatic heterocycles. The first-order valence-corrected chi connectivity index (χ1v) is 5.80. The van der Waals surface area contributed by atoms with E-state index in [1.54, 1.807) is 12.1 Å². The molecule has 0 fully saturated rings. The van der Waals surface area contributed by atoms with Crippen LogP contribution in [0.5, 0.6) is 0 Å². The standard InChI is InChI=1S/C12H11ClN4/c13-7-5-6-10(14)17-11(7)12-15-8-3-1-2-4-9(8)16-12/h3-6H,1-2H2,(H2,14,17)(H,15,16). The number of hydrogen-bond donors (Lipinski definition) is 2. The third-order valence-corrected chi connectivity index (χ3v) is 3.01. The summed E-state index contributed by atoms with van der Waals surface area (Å²) in [6, 6.07) is 3.40. The van der Waals surface area contributed by atoms with Gasteiger partial charge >= 0.3 is 0 Å². The average molecular weight is 247 g/mol. The van der Waals surface area contributed by atoms with Crippen LogP contribution in [0.1, 0.15) is 12.8 Å². The molecule has 86 valence electrons. The van der Waals surface area contributed by atoms with Crippen molar-refractivity contribution in [1.29, 1.82) is 0 Å². The summed E-state index contributed by atoms with van der Waals surface area (Å²) >= 11 is 6.10. The topological polar surface area (TPSA) is 67.6 Å². The Kier molecular flexibility index (Phi) is 2.37. The van der Waals surface area contributed by atoms with Crippen LogP contribution < -0.4 is 16.4 Å². The van der Waals surface area contributed by atoms with E-state index in [0.29, 0.717) is 22.4 Å². The number of fused-ring (bicyclic) bond motifs is 1. The highest BCUT2D eigenvalue weighted by molar-refractivity contribution is 6.32. The van der Waals surface area contributed by atoms with Crippen molar-refractivity contribution in [3.05, 3.63) is 27.9 Å². The van der Waals surface area contributed by atoms with E-state index in [4.69, 9.17) is 17.3 Å². The number of hydrogen-bond acceptors (Lipinski definition) is 3. The molecule has 5 heteroatoms. The molecule has 0 bridgehead atoms. The summed E-state index contributed by atoms with van der Waals surface area (Å²) < 4.78 is 0. The van der Waals surface area contributed by atoms with Crippen LogP contribution >= 0.6 is 11.6 Å². The molecule has 0 atom stereocenters. The Balaban J connectivity index is 2.23. The number of pyridine rings is 1. The van der Waals surface area contributed by atoms with Crippen LogP contribution in [0.4, 0.5) is 5.82 Å². The molecule has 3 rings (SSSR count). The van der Waals surface area contributed by atoms with Crippen LogP contribution in [-0.2, 0) is 0 Å². The number of H-pyrrole nitrogens is 1. The molecule has 0 unspecified atom stereocenters. The van der Waals surface area contributed by atoms with Gasteiger partial charge in [-0.1, -0.05) is 23.8 Å². The molecule has 3 N–H and O–H groups in total. The molecule has 0 saturated carbocycles. The van der Waals surface area contributed by atoms with Gasteiger partial charge in [-0.25, -0.2) is 9.97 Å². The molecule has 17 heavy (non-hydrogen) atoms. The van der Waals surface area contributed by atoms with E-state index in [-0.39, 0.29) is 0 Å². The monoisotopic (exact) mass is 246 g/mol. The summed E-state index contributed by atoms with van der Waals surface area (Å²) in [5.41, 5.74) is 6.26. The first-order valence-electron chi connectivity index (χ1n) is 5.43. The number of nitrogens with two attached hydrogens (primary N) is 1. The van der Waals surface area contributed by atoms with Crippen LogP contribution in [-0.4, -0.2) is 15.0 Å². The number of imidazole rings is 1. The summed E-state index contributed by atoms with van der Waals surface area (Å²) in [5, 5.41) is 2.54. The van der Waals surface area contributed by atoms with Gasteiger partial charge in [0.25, 0.3) is 0 Å². The lowest BCUT2D eigenvalue weighted by Crippen LogP contribution is -2.26. The molecule has 0 spiro atoms. The first-order chi connectivity index (χ1) is 8.24. The number of halogens is 1. The Bertz CT molecular complexity index is 654. The number of anilines is 1. The van der Waals surface area contributed by atoms with E-state index in [1.165, 1.54) is 0 Å². The molecule has 0 amide bonds. The maximum atomic E-state index is 6.10. The van der Waals surface area contributed by atoms with Gasteiger partial charge in [-0.2, -0.15) is 0 Å². The second-order valence-corrected chi connectivity index (χ2v) is 4.34. The fourth-order valence-corrected chi connectivity index (χ4v) is 2.09. The second-order valence-electron chi connectivity index (χ2n) is 3.94. The van der Waals surface area contributed by atoms with Gasteiger partial charge in [-0.3, -0.25) is 0 Å². The van der Waals surface area contributed by atoms with E-state index in [2.05, 4.69) is 27.1 Å². The number of nitrogen functional groups attached to an aromatic ring is 1. The Labute approximate surface area is 103 Å². The van der Waals surface area contributed by atoms with Crippen molar-refractivity contribution in [3.63, 3.8) is 0 Å². The lowest BCUT2D eigenvalue weighted by atomic mass is 10.2. The normalized spacial score (nSPS) is 13.7. The molecule has 0 radical (unpaired) electrons. The van der Waals surface area contributed by atoms with Crippen molar-refractivity contribution < 1.29 is 0 Å². The zero-order valence-electron chi connectivity index (χ0n) is 9.07. The van der Waals surface area contributed by atoms with E-state index in [1.807, 2.05) is 0 Å². The highest BCUT2D eigenvalue weighted by atomic mass is 35.5. The highest BCUT2D eigenvalue weighted by Crippen LogP contribution is 2.22. The number of rotatable bonds is 1.